The molecule has 7 nitrogen and oxygen atoms in total. The molecule has 0 radical (unpaired) electrons. The lowest BCUT2D eigenvalue weighted by Gasteiger charge is -2.13. The van der Waals surface area contributed by atoms with E-state index in [0.717, 1.165) is 10.0 Å². The van der Waals surface area contributed by atoms with Crippen molar-refractivity contribution in [2.24, 2.45) is 0 Å². The summed E-state index contributed by atoms with van der Waals surface area (Å²) < 4.78 is 6.13. The summed E-state index contributed by atoms with van der Waals surface area (Å²) in [4.78, 5) is 36.1. The first kappa shape index (κ1) is 24.1. The summed E-state index contributed by atoms with van der Waals surface area (Å²) >= 11 is 3.37. The highest BCUT2D eigenvalue weighted by Gasteiger charge is 2.17. The van der Waals surface area contributed by atoms with E-state index in [1.165, 1.54) is 7.11 Å². The Bertz CT molecular complexity index is 941. The van der Waals surface area contributed by atoms with Crippen molar-refractivity contribution >= 4 is 39.8 Å². The van der Waals surface area contributed by atoms with Crippen LogP contribution in [0.4, 0.5) is 0 Å². The molecule has 0 saturated heterocycles. The molecule has 3 N–H and O–H groups in total. The molecular formula is C23H25BrN2O5. The Hall–Kier alpha value is -3.13. The van der Waals surface area contributed by atoms with E-state index in [9.17, 15) is 14.4 Å². The Morgan fingerprint density at radius 3 is 2.42 bits per heavy atom. The first-order valence-corrected chi connectivity index (χ1v) is 10.6. The van der Waals surface area contributed by atoms with Crippen molar-refractivity contribution in [1.29, 1.82) is 0 Å². The summed E-state index contributed by atoms with van der Waals surface area (Å²) in [5, 5.41) is 14.1. The minimum absolute atomic E-state index is 0.101. The molecular weight excluding hydrogens is 464 g/mol. The van der Waals surface area contributed by atoms with Gasteiger partial charge in [0.1, 0.15) is 11.4 Å². The highest BCUT2D eigenvalue weighted by Crippen LogP contribution is 2.18. The van der Waals surface area contributed by atoms with Crippen LogP contribution in [0.3, 0.4) is 0 Å². The fourth-order valence-electron chi connectivity index (χ4n) is 2.78. The minimum atomic E-state index is -0.831. The van der Waals surface area contributed by atoms with E-state index in [-0.39, 0.29) is 12.1 Å². The maximum Gasteiger partial charge on any atom is 0.303 e. The highest BCUT2D eigenvalue weighted by atomic mass is 79.9. The second-order valence-electron chi connectivity index (χ2n) is 6.72. The van der Waals surface area contributed by atoms with Gasteiger partial charge >= 0.3 is 5.97 Å². The molecule has 0 unspecified atom stereocenters. The fourth-order valence-corrected chi connectivity index (χ4v) is 3.05. The zero-order valence-corrected chi connectivity index (χ0v) is 18.8. The number of hydrogen-bond acceptors (Lipinski definition) is 4. The number of carbonyl (C=O) groups excluding carboxylic acids is 2. The largest absolute Gasteiger partial charge is 0.496 e. The first-order valence-electron chi connectivity index (χ1n) is 9.82. The van der Waals surface area contributed by atoms with Gasteiger partial charge in [-0.15, -0.1) is 0 Å². The fraction of sp³-hybridized carbons (Fsp3) is 0.261. The van der Waals surface area contributed by atoms with Gasteiger partial charge in [-0.1, -0.05) is 46.6 Å². The van der Waals surface area contributed by atoms with Crippen LogP contribution in [0.1, 0.15) is 41.6 Å². The summed E-state index contributed by atoms with van der Waals surface area (Å²) in [7, 11) is 1.47. The average Bonchev–Trinajstić information content (AvgIpc) is 2.76. The third-order valence-corrected chi connectivity index (χ3v) is 4.91. The SMILES string of the molecule is COc1ccccc1C(=O)NC(=Cc1ccc(Br)cc1)C(=O)NCCCCCC(=O)O. The summed E-state index contributed by atoms with van der Waals surface area (Å²) in [5.74, 6) is -1.31. The van der Waals surface area contributed by atoms with Gasteiger partial charge in [-0.2, -0.15) is 0 Å². The molecule has 0 aliphatic rings. The maximum atomic E-state index is 12.8. The zero-order valence-electron chi connectivity index (χ0n) is 17.2. The molecule has 164 valence electrons. The molecule has 0 heterocycles. The molecule has 0 aliphatic heterocycles. The lowest BCUT2D eigenvalue weighted by atomic mass is 10.1. The van der Waals surface area contributed by atoms with Gasteiger partial charge in [-0.25, -0.2) is 0 Å². The molecule has 0 aliphatic carbocycles. The molecule has 0 saturated carbocycles. The van der Waals surface area contributed by atoms with Crippen LogP contribution in [0, 0.1) is 0 Å². The summed E-state index contributed by atoms with van der Waals surface area (Å²) in [6.45, 7) is 0.376. The minimum Gasteiger partial charge on any atom is -0.496 e. The highest BCUT2D eigenvalue weighted by molar-refractivity contribution is 9.10. The molecule has 2 aromatic rings. The smallest absolute Gasteiger partial charge is 0.303 e. The Balaban J connectivity index is 2.11. The molecule has 0 spiro atoms. The second kappa shape index (κ2) is 12.5. The number of halogens is 1. The zero-order chi connectivity index (χ0) is 22.6. The summed E-state index contributed by atoms with van der Waals surface area (Å²) in [5.41, 5.74) is 1.16. The van der Waals surface area contributed by atoms with Crippen LogP contribution in [0.5, 0.6) is 5.75 Å². The Morgan fingerprint density at radius 1 is 1.03 bits per heavy atom. The topological polar surface area (TPSA) is 105 Å². The van der Waals surface area contributed by atoms with Gasteiger partial charge in [-0.05, 0) is 48.7 Å². The van der Waals surface area contributed by atoms with E-state index >= 15 is 0 Å². The number of nitrogens with one attached hydrogen (secondary N) is 2. The van der Waals surface area contributed by atoms with Crippen molar-refractivity contribution in [3.8, 4) is 5.75 Å². The average molecular weight is 489 g/mol. The van der Waals surface area contributed by atoms with Crippen LogP contribution in [0.15, 0.2) is 58.7 Å². The number of ether oxygens (including phenoxy) is 1. The lowest BCUT2D eigenvalue weighted by Crippen LogP contribution is -2.35. The van der Waals surface area contributed by atoms with Gasteiger partial charge in [0.25, 0.3) is 11.8 Å². The van der Waals surface area contributed by atoms with Crippen LogP contribution in [0.25, 0.3) is 6.08 Å². The molecule has 31 heavy (non-hydrogen) atoms. The van der Waals surface area contributed by atoms with Gasteiger partial charge in [0.2, 0.25) is 0 Å². The molecule has 2 rings (SSSR count). The number of carboxylic acid groups (broad SMARTS) is 1. The van der Waals surface area contributed by atoms with E-state index in [4.69, 9.17) is 9.84 Å². The third-order valence-electron chi connectivity index (χ3n) is 4.38. The van der Waals surface area contributed by atoms with Crippen molar-refractivity contribution in [3.63, 3.8) is 0 Å². The lowest BCUT2D eigenvalue weighted by molar-refractivity contribution is -0.137. The quantitative estimate of drug-likeness (QED) is 0.327. The summed E-state index contributed by atoms with van der Waals surface area (Å²) in [6, 6.07) is 14.1. The van der Waals surface area contributed by atoms with Crippen molar-refractivity contribution < 1.29 is 24.2 Å². The third kappa shape index (κ3) is 8.25. The van der Waals surface area contributed by atoms with Crippen molar-refractivity contribution in [1.82, 2.24) is 10.6 Å². The van der Waals surface area contributed by atoms with Gasteiger partial charge < -0.3 is 20.5 Å². The number of rotatable bonds is 11. The van der Waals surface area contributed by atoms with Crippen molar-refractivity contribution in [2.45, 2.75) is 25.7 Å². The molecule has 0 fully saturated rings. The van der Waals surface area contributed by atoms with Crippen LogP contribution in [-0.2, 0) is 9.59 Å². The number of methoxy groups -OCH3 is 1. The Morgan fingerprint density at radius 2 is 1.74 bits per heavy atom. The monoisotopic (exact) mass is 488 g/mol. The molecule has 8 heteroatoms. The number of amides is 2. The predicted octanol–water partition coefficient (Wildman–Crippen LogP) is 3.99. The number of benzene rings is 2. The first-order chi connectivity index (χ1) is 14.9. The number of unbranched alkanes of at least 4 members (excludes halogenated alkanes) is 2. The number of aliphatic carboxylic acids is 1. The van der Waals surface area contributed by atoms with Gasteiger partial charge in [0.05, 0.1) is 12.7 Å². The Kier molecular flexibility index (Phi) is 9.77. The summed E-state index contributed by atoms with van der Waals surface area (Å²) in [6.07, 6.45) is 3.59. The predicted molar refractivity (Wildman–Crippen MR) is 122 cm³/mol. The van der Waals surface area contributed by atoms with E-state index < -0.39 is 17.8 Å². The second-order valence-corrected chi connectivity index (χ2v) is 7.64. The maximum absolute atomic E-state index is 12.8. The van der Waals surface area contributed by atoms with E-state index in [2.05, 4.69) is 26.6 Å². The molecule has 0 aromatic heterocycles. The normalized spacial score (nSPS) is 11.0. The number of carboxylic acids is 1. The molecule has 0 atom stereocenters. The molecule has 0 bridgehead atoms. The standard InChI is InChI=1S/C23H25BrN2O5/c1-31-20-8-5-4-7-18(20)22(29)26-19(15-16-10-12-17(24)13-11-16)23(30)25-14-6-2-3-9-21(27)28/h4-5,7-8,10-13,15H,2-3,6,9,14H2,1H3,(H,25,30)(H,26,29)(H,27,28). The Labute approximate surface area is 189 Å². The van der Waals surface area contributed by atoms with E-state index in [1.807, 2.05) is 24.3 Å². The van der Waals surface area contributed by atoms with Crippen LogP contribution in [-0.4, -0.2) is 36.5 Å². The number of hydrogen-bond donors (Lipinski definition) is 3. The van der Waals surface area contributed by atoms with Crippen molar-refractivity contribution in [3.05, 3.63) is 69.8 Å². The van der Waals surface area contributed by atoms with E-state index in [1.54, 1.807) is 30.3 Å². The van der Waals surface area contributed by atoms with Crippen LogP contribution in [0.2, 0.25) is 0 Å². The van der Waals surface area contributed by atoms with E-state index in [0.29, 0.717) is 37.1 Å². The van der Waals surface area contributed by atoms with Gasteiger partial charge in [0, 0.05) is 17.4 Å². The molecule has 2 aromatic carbocycles. The van der Waals surface area contributed by atoms with Gasteiger partial charge in [-0.3, -0.25) is 14.4 Å². The van der Waals surface area contributed by atoms with Gasteiger partial charge in [0.15, 0.2) is 0 Å². The van der Waals surface area contributed by atoms with Crippen molar-refractivity contribution in [2.75, 3.05) is 13.7 Å². The van der Waals surface area contributed by atoms with Crippen LogP contribution < -0.4 is 15.4 Å². The number of para-hydroxylation sites is 1. The van der Waals surface area contributed by atoms with Crippen LogP contribution >= 0.6 is 15.9 Å². The number of carbonyl (C=O) groups is 3. The molecule has 2 amide bonds.